The predicted octanol–water partition coefficient (Wildman–Crippen LogP) is 4.36. The molecule has 11 heteroatoms. The maximum Gasteiger partial charge on any atom is 0.452 e. The molecule has 0 radical (unpaired) electrons. The van der Waals surface area contributed by atoms with Crippen LogP contribution in [0.4, 0.5) is 18.9 Å². The van der Waals surface area contributed by atoms with Crippen molar-refractivity contribution in [3.63, 3.8) is 0 Å². The molecule has 0 unspecified atom stereocenters. The number of fused-ring (bicyclic) bond motifs is 3. The lowest BCUT2D eigenvalue weighted by atomic mass is 10.2. The van der Waals surface area contributed by atoms with E-state index in [2.05, 4.69) is 15.2 Å². The van der Waals surface area contributed by atoms with Crippen molar-refractivity contribution in [2.45, 2.75) is 16.1 Å². The standard InChI is InChI=1S/C16H8F3N5O2S/c17-16(18,19)15-22-21-13-14(27-9-5-2-1-3-6-9)20-12-10(23(13)15)7-4-8-11(12)24(25)26/h1-8H. The zero-order valence-electron chi connectivity index (χ0n) is 13.2. The van der Waals surface area contributed by atoms with Crippen molar-refractivity contribution in [1.82, 2.24) is 19.6 Å². The molecule has 0 saturated heterocycles. The lowest BCUT2D eigenvalue weighted by Gasteiger charge is -2.10. The average Bonchev–Trinajstić information content (AvgIpc) is 3.08. The lowest BCUT2D eigenvalue weighted by molar-refractivity contribution is -0.383. The minimum Gasteiger partial charge on any atom is -0.267 e. The third-order valence-corrected chi connectivity index (χ3v) is 4.69. The Morgan fingerprint density at radius 2 is 1.78 bits per heavy atom. The molecular formula is C16H8F3N5O2S. The number of halogens is 3. The van der Waals surface area contributed by atoms with E-state index in [1.165, 1.54) is 18.2 Å². The van der Waals surface area contributed by atoms with Crippen LogP contribution in [-0.2, 0) is 6.18 Å². The summed E-state index contributed by atoms with van der Waals surface area (Å²) in [5.41, 5.74) is -0.775. The van der Waals surface area contributed by atoms with Crippen LogP contribution in [0.3, 0.4) is 0 Å². The van der Waals surface area contributed by atoms with E-state index in [4.69, 9.17) is 0 Å². The second kappa shape index (κ2) is 6.20. The molecule has 136 valence electrons. The number of para-hydroxylation sites is 1. The number of nitrogens with zero attached hydrogens (tertiary/aromatic N) is 5. The fourth-order valence-corrected chi connectivity index (χ4v) is 3.49. The number of hydrogen-bond acceptors (Lipinski definition) is 6. The van der Waals surface area contributed by atoms with Crippen LogP contribution >= 0.6 is 11.8 Å². The van der Waals surface area contributed by atoms with Gasteiger partial charge >= 0.3 is 6.18 Å². The predicted molar refractivity (Wildman–Crippen MR) is 90.5 cm³/mol. The smallest absolute Gasteiger partial charge is 0.267 e. The first kappa shape index (κ1) is 17.2. The summed E-state index contributed by atoms with van der Waals surface area (Å²) in [6.45, 7) is 0. The Morgan fingerprint density at radius 3 is 2.44 bits per heavy atom. The van der Waals surface area contributed by atoms with Gasteiger partial charge in [0.15, 0.2) is 11.2 Å². The number of nitro groups is 1. The van der Waals surface area contributed by atoms with E-state index in [0.717, 1.165) is 16.2 Å². The molecule has 7 nitrogen and oxygen atoms in total. The summed E-state index contributed by atoms with van der Waals surface area (Å²) in [6.07, 6.45) is -4.78. The van der Waals surface area contributed by atoms with E-state index < -0.39 is 22.6 Å². The van der Waals surface area contributed by atoms with E-state index in [1.54, 1.807) is 30.3 Å². The number of aromatic nitrogens is 4. The van der Waals surface area contributed by atoms with Crippen molar-refractivity contribution in [3.8, 4) is 0 Å². The molecular weight excluding hydrogens is 383 g/mol. The SMILES string of the molecule is O=[N+]([O-])c1cccc2c1nc(Sc1ccccc1)c1nnc(C(F)(F)F)n12. The topological polar surface area (TPSA) is 86.2 Å². The second-order valence-corrected chi connectivity index (χ2v) is 6.48. The molecule has 0 amide bonds. The van der Waals surface area contributed by atoms with Crippen LogP contribution < -0.4 is 0 Å². The van der Waals surface area contributed by atoms with Gasteiger partial charge in [-0.15, -0.1) is 10.2 Å². The molecule has 4 aromatic rings. The van der Waals surface area contributed by atoms with Crippen molar-refractivity contribution in [2.24, 2.45) is 0 Å². The minimum absolute atomic E-state index is 0.0889. The Bertz CT molecular complexity index is 1180. The van der Waals surface area contributed by atoms with Gasteiger partial charge in [0.05, 0.1) is 10.4 Å². The normalized spacial score (nSPS) is 12.0. The van der Waals surface area contributed by atoms with Gasteiger partial charge in [-0.2, -0.15) is 13.2 Å². The number of nitro benzene ring substituents is 1. The quantitative estimate of drug-likeness (QED) is 0.381. The van der Waals surface area contributed by atoms with Crippen LogP contribution in [0.1, 0.15) is 5.82 Å². The minimum atomic E-state index is -4.78. The van der Waals surface area contributed by atoms with Crippen LogP contribution in [0, 0.1) is 10.1 Å². The molecule has 0 aliphatic carbocycles. The second-order valence-electron chi connectivity index (χ2n) is 5.41. The fraction of sp³-hybridized carbons (Fsp3) is 0.0625. The number of benzene rings is 2. The molecule has 0 fully saturated rings. The highest BCUT2D eigenvalue weighted by atomic mass is 32.2. The van der Waals surface area contributed by atoms with Crippen molar-refractivity contribution in [1.29, 1.82) is 0 Å². The summed E-state index contributed by atoms with van der Waals surface area (Å²) >= 11 is 1.05. The van der Waals surface area contributed by atoms with Crippen molar-refractivity contribution in [2.75, 3.05) is 0 Å². The van der Waals surface area contributed by atoms with E-state index in [0.29, 0.717) is 4.90 Å². The molecule has 27 heavy (non-hydrogen) atoms. The number of hydrogen-bond donors (Lipinski definition) is 0. The highest BCUT2D eigenvalue weighted by Crippen LogP contribution is 2.36. The molecule has 2 aromatic carbocycles. The molecule has 0 saturated carbocycles. The Balaban J connectivity index is 2.09. The summed E-state index contributed by atoms with van der Waals surface area (Å²) in [5.74, 6) is -1.26. The van der Waals surface area contributed by atoms with Crippen LogP contribution in [-0.4, -0.2) is 24.5 Å². The monoisotopic (exact) mass is 391 g/mol. The van der Waals surface area contributed by atoms with Crippen LogP contribution in [0.2, 0.25) is 0 Å². The molecule has 2 aromatic heterocycles. The van der Waals surface area contributed by atoms with Gasteiger partial charge in [-0.05, 0) is 18.2 Å². The first-order chi connectivity index (χ1) is 12.9. The third kappa shape index (κ3) is 2.95. The molecule has 0 bridgehead atoms. The first-order valence-electron chi connectivity index (χ1n) is 7.48. The van der Waals surface area contributed by atoms with E-state index in [9.17, 15) is 23.3 Å². The van der Waals surface area contributed by atoms with Crippen LogP contribution in [0.5, 0.6) is 0 Å². The molecule has 4 rings (SSSR count). The van der Waals surface area contributed by atoms with Crippen molar-refractivity contribution in [3.05, 3.63) is 64.5 Å². The number of non-ortho nitro benzene ring substituents is 1. The summed E-state index contributed by atoms with van der Waals surface area (Å²) in [7, 11) is 0. The van der Waals surface area contributed by atoms with Gasteiger partial charge in [0.1, 0.15) is 5.03 Å². The molecule has 0 aliphatic heterocycles. The van der Waals surface area contributed by atoms with Gasteiger partial charge in [0.2, 0.25) is 5.82 Å². The van der Waals surface area contributed by atoms with Gasteiger partial charge in [-0.25, -0.2) is 4.98 Å². The van der Waals surface area contributed by atoms with Crippen LogP contribution in [0.25, 0.3) is 16.7 Å². The van der Waals surface area contributed by atoms with Gasteiger partial charge in [-0.3, -0.25) is 14.5 Å². The van der Waals surface area contributed by atoms with Gasteiger partial charge in [0.25, 0.3) is 5.69 Å². The third-order valence-electron chi connectivity index (χ3n) is 3.71. The Labute approximate surface area is 153 Å². The largest absolute Gasteiger partial charge is 0.452 e. The average molecular weight is 391 g/mol. The molecule has 0 atom stereocenters. The van der Waals surface area contributed by atoms with Gasteiger partial charge in [0, 0.05) is 11.0 Å². The van der Waals surface area contributed by atoms with Crippen molar-refractivity contribution < 1.29 is 18.1 Å². The Hall–Kier alpha value is -3.21. The summed E-state index contributed by atoms with van der Waals surface area (Å²) < 4.78 is 41.0. The van der Waals surface area contributed by atoms with Crippen molar-refractivity contribution >= 4 is 34.1 Å². The highest BCUT2D eigenvalue weighted by molar-refractivity contribution is 7.99. The van der Waals surface area contributed by atoms with Crippen LogP contribution in [0.15, 0.2) is 58.5 Å². The summed E-state index contributed by atoms with van der Waals surface area (Å²) in [5, 5.41) is 18.3. The Kier molecular flexibility index (Phi) is 3.95. The molecule has 0 N–H and O–H groups in total. The van der Waals surface area contributed by atoms with Gasteiger partial charge < -0.3 is 0 Å². The molecule has 0 spiro atoms. The van der Waals surface area contributed by atoms with E-state index in [1.807, 2.05) is 0 Å². The first-order valence-corrected chi connectivity index (χ1v) is 8.30. The summed E-state index contributed by atoms with van der Waals surface area (Å²) in [6, 6.07) is 12.6. The summed E-state index contributed by atoms with van der Waals surface area (Å²) in [4.78, 5) is 15.6. The Morgan fingerprint density at radius 1 is 1.04 bits per heavy atom. The maximum absolute atomic E-state index is 13.4. The lowest BCUT2D eigenvalue weighted by Crippen LogP contribution is -2.12. The number of alkyl halides is 3. The van der Waals surface area contributed by atoms with Gasteiger partial charge in [-0.1, -0.05) is 36.0 Å². The van der Waals surface area contributed by atoms with E-state index >= 15 is 0 Å². The maximum atomic E-state index is 13.4. The zero-order chi connectivity index (χ0) is 19.2. The fourth-order valence-electron chi connectivity index (χ4n) is 2.62. The zero-order valence-corrected chi connectivity index (χ0v) is 14.0. The number of rotatable bonds is 3. The molecule has 2 heterocycles. The molecule has 0 aliphatic rings. The van der Waals surface area contributed by atoms with E-state index in [-0.39, 0.29) is 21.7 Å². The highest BCUT2D eigenvalue weighted by Gasteiger charge is 2.38.